The van der Waals surface area contributed by atoms with Crippen LogP contribution in [-0.2, 0) is 14.3 Å². The number of nitrogens with one attached hydrogen (secondary N) is 2. The van der Waals surface area contributed by atoms with Gasteiger partial charge in [-0.1, -0.05) is 28.1 Å². The largest absolute Gasteiger partial charge is 0.451 e. The van der Waals surface area contributed by atoms with Crippen molar-refractivity contribution in [1.29, 1.82) is 0 Å². The van der Waals surface area contributed by atoms with Crippen molar-refractivity contribution in [1.82, 2.24) is 5.32 Å². The van der Waals surface area contributed by atoms with Gasteiger partial charge in [0.25, 0.3) is 17.5 Å². The van der Waals surface area contributed by atoms with E-state index in [1.807, 2.05) is 0 Å². The highest BCUT2D eigenvalue weighted by atomic mass is 79.9. The first-order valence-electron chi connectivity index (χ1n) is 8.05. The van der Waals surface area contributed by atoms with Gasteiger partial charge in [-0.3, -0.25) is 24.5 Å². The SMILES string of the molecule is CC(OC(=O)CNC(=O)c1ccc(Br)cc1)C(=O)Nc1ccccc1[N+](=O)[O-]. The number of nitro groups is 1. The zero-order chi connectivity index (χ0) is 20.7. The number of carbonyl (C=O) groups is 3. The van der Waals surface area contributed by atoms with Crippen molar-refractivity contribution < 1.29 is 24.0 Å². The summed E-state index contributed by atoms with van der Waals surface area (Å²) in [7, 11) is 0. The molecule has 0 aliphatic rings. The van der Waals surface area contributed by atoms with E-state index in [1.165, 1.54) is 31.2 Å². The summed E-state index contributed by atoms with van der Waals surface area (Å²) in [5.41, 5.74) is 0.0678. The summed E-state index contributed by atoms with van der Waals surface area (Å²) in [6.07, 6.45) is -1.21. The van der Waals surface area contributed by atoms with Crippen LogP contribution >= 0.6 is 15.9 Å². The standard InChI is InChI=1S/C18H16BrN3O6/c1-11(17(24)21-14-4-2-3-5-15(14)22(26)27)28-16(23)10-20-18(25)12-6-8-13(19)9-7-12/h2-9,11H,10H2,1H3,(H,20,25)(H,21,24). The summed E-state index contributed by atoms with van der Waals surface area (Å²) >= 11 is 3.25. The summed E-state index contributed by atoms with van der Waals surface area (Å²) in [5.74, 6) is -2.03. The van der Waals surface area contributed by atoms with Crippen molar-refractivity contribution >= 4 is 45.1 Å². The van der Waals surface area contributed by atoms with Gasteiger partial charge in [0.15, 0.2) is 6.10 Å². The maximum absolute atomic E-state index is 12.1. The molecule has 1 atom stereocenters. The second kappa shape index (κ2) is 9.60. The van der Waals surface area contributed by atoms with E-state index >= 15 is 0 Å². The fourth-order valence-electron chi connectivity index (χ4n) is 2.12. The highest BCUT2D eigenvalue weighted by Crippen LogP contribution is 2.23. The van der Waals surface area contributed by atoms with Gasteiger partial charge in [0, 0.05) is 16.1 Å². The maximum atomic E-state index is 12.1. The van der Waals surface area contributed by atoms with Crippen LogP contribution in [0.4, 0.5) is 11.4 Å². The van der Waals surface area contributed by atoms with Crippen molar-refractivity contribution in [2.45, 2.75) is 13.0 Å². The lowest BCUT2D eigenvalue weighted by Crippen LogP contribution is -2.35. The predicted molar refractivity (Wildman–Crippen MR) is 104 cm³/mol. The van der Waals surface area contributed by atoms with Gasteiger partial charge in [-0.2, -0.15) is 0 Å². The van der Waals surface area contributed by atoms with Crippen molar-refractivity contribution in [3.63, 3.8) is 0 Å². The summed E-state index contributed by atoms with van der Waals surface area (Å²) in [6.45, 7) is 0.885. The smallest absolute Gasteiger partial charge is 0.326 e. The van der Waals surface area contributed by atoms with Crippen LogP contribution in [-0.4, -0.2) is 35.4 Å². The van der Waals surface area contributed by atoms with Crippen LogP contribution in [0, 0.1) is 10.1 Å². The van der Waals surface area contributed by atoms with Gasteiger partial charge >= 0.3 is 5.97 Å². The minimum absolute atomic E-state index is 0.0102. The Bertz CT molecular complexity index is 900. The van der Waals surface area contributed by atoms with Crippen molar-refractivity contribution in [3.8, 4) is 0 Å². The number of halogens is 1. The van der Waals surface area contributed by atoms with E-state index in [-0.39, 0.29) is 11.4 Å². The molecule has 0 saturated carbocycles. The molecule has 0 heterocycles. The van der Waals surface area contributed by atoms with E-state index < -0.39 is 35.4 Å². The van der Waals surface area contributed by atoms with E-state index in [0.717, 1.165) is 4.47 Å². The number of amides is 2. The number of carbonyl (C=O) groups excluding carboxylic acids is 3. The van der Waals surface area contributed by atoms with Crippen molar-refractivity contribution in [2.24, 2.45) is 0 Å². The molecule has 2 amide bonds. The fraction of sp³-hybridized carbons (Fsp3) is 0.167. The molecule has 0 aromatic heterocycles. The Morgan fingerprint density at radius 3 is 2.43 bits per heavy atom. The van der Waals surface area contributed by atoms with E-state index in [0.29, 0.717) is 5.56 Å². The Labute approximate surface area is 168 Å². The van der Waals surface area contributed by atoms with E-state index in [2.05, 4.69) is 26.6 Å². The summed E-state index contributed by atoms with van der Waals surface area (Å²) in [4.78, 5) is 46.2. The predicted octanol–water partition coefficient (Wildman–Crippen LogP) is 2.66. The molecule has 28 heavy (non-hydrogen) atoms. The first-order chi connectivity index (χ1) is 13.3. The highest BCUT2D eigenvalue weighted by Gasteiger charge is 2.21. The highest BCUT2D eigenvalue weighted by molar-refractivity contribution is 9.10. The lowest BCUT2D eigenvalue weighted by molar-refractivity contribution is -0.383. The monoisotopic (exact) mass is 449 g/mol. The van der Waals surface area contributed by atoms with Crippen LogP contribution < -0.4 is 10.6 Å². The number of rotatable bonds is 7. The quantitative estimate of drug-likeness (QED) is 0.379. The molecule has 9 nitrogen and oxygen atoms in total. The summed E-state index contributed by atoms with van der Waals surface area (Å²) in [6, 6.07) is 12.1. The zero-order valence-corrected chi connectivity index (χ0v) is 16.3. The minimum Gasteiger partial charge on any atom is -0.451 e. The molecule has 0 radical (unpaired) electrons. The normalized spacial score (nSPS) is 11.2. The molecular formula is C18H16BrN3O6. The number of nitro benzene ring substituents is 1. The second-order valence-corrected chi connectivity index (χ2v) is 6.50. The Kier molecular flexibility index (Phi) is 7.21. The number of nitrogens with zero attached hydrogens (tertiary/aromatic N) is 1. The molecule has 0 spiro atoms. The van der Waals surface area contributed by atoms with Gasteiger partial charge in [0.1, 0.15) is 12.2 Å². The van der Waals surface area contributed by atoms with Gasteiger partial charge in [0.2, 0.25) is 0 Å². The van der Waals surface area contributed by atoms with Gasteiger partial charge in [-0.25, -0.2) is 0 Å². The Morgan fingerprint density at radius 1 is 1.14 bits per heavy atom. The van der Waals surface area contributed by atoms with Crippen LogP contribution in [0.5, 0.6) is 0 Å². The van der Waals surface area contributed by atoms with Crippen LogP contribution in [0.3, 0.4) is 0 Å². The number of ether oxygens (including phenoxy) is 1. The van der Waals surface area contributed by atoms with Gasteiger partial charge in [0.05, 0.1) is 4.92 Å². The van der Waals surface area contributed by atoms with Crippen LogP contribution in [0.1, 0.15) is 17.3 Å². The van der Waals surface area contributed by atoms with Gasteiger partial charge in [-0.05, 0) is 37.3 Å². The first kappa shape index (κ1) is 21.0. The average molecular weight is 450 g/mol. The lowest BCUT2D eigenvalue weighted by atomic mass is 10.2. The fourth-order valence-corrected chi connectivity index (χ4v) is 2.39. The molecule has 0 bridgehead atoms. The second-order valence-electron chi connectivity index (χ2n) is 5.59. The maximum Gasteiger partial charge on any atom is 0.326 e. The third-order valence-electron chi connectivity index (χ3n) is 3.54. The molecule has 0 aliphatic heterocycles. The number of benzene rings is 2. The Balaban J connectivity index is 1.86. The molecule has 0 saturated heterocycles. The molecule has 0 aliphatic carbocycles. The Hall–Kier alpha value is -3.27. The van der Waals surface area contributed by atoms with E-state index in [9.17, 15) is 24.5 Å². The molecule has 0 fully saturated rings. The first-order valence-corrected chi connectivity index (χ1v) is 8.84. The number of hydrogen-bond acceptors (Lipinski definition) is 6. The summed E-state index contributed by atoms with van der Waals surface area (Å²) in [5, 5.41) is 15.7. The number of hydrogen-bond donors (Lipinski definition) is 2. The van der Waals surface area contributed by atoms with Crippen molar-refractivity contribution in [2.75, 3.05) is 11.9 Å². The third kappa shape index (κ3) is 5.88. The topological polar surface area (TPSA) is 128 Å². The van der Waals surface area contributed by atoms with Gasteiger partial charge in [-0.15, -0.1) is 0 Å². The Morgan fingerprint density at radius 2 is 1.79 bits per heavy atom. The minimum atomic E-state index is -1.21. The molecule has 2 aromatic carbocycles. The molecular weight excluding hydrogens is 434 g/mol. The van der Waals surface area contributed by atoms with E-state index in [4.69, 9.17) is 4.74 Å². The van der Waals surface area contributed by atoms with Crippen LogP contribution in [0.2, 0.25) is 0 Å². The van der Waals surface area contributed by atoms with Crippen molar-refractivity contribution in [3.05, 3.63) is 68.7 Å². The molecule has 146 valence electrons. The number of esters is 1. The van der Waals surface area contributed by atoms with Gasteiger partial charge < -0.3 is 15.4 Å². The average Bonchev–Trinajstić information content (AvgIpc) is 2.66. The molecule has 2 N–H and O–H groups in total. The number of para-hydroxylation sites is 2. The summed E-state index contributed by atoms with van der Waals surface area (Å²) < 4.78 is 5.75. The molecule has 2 rings (SSSR count). The van der Waals surface area contributed by atoms with E-state index in [1.54, 1.807) is 24.3 Å². The molecule has 2 aromatic rings. The molecule has 1 unspecified atom stereocenters. The van der Waals surface area contributed by atoms with Crippen LogP contribution in [0.15, 0.2) is 53.0 Å². The lowest BCUT2D eigenvalue weighted by Gasteiger charge is -2.14. The van der Waals surface area contributed by atoms with Crippen LogP contribution in [0.25, 0.3) is 0 Å². The molecule has 10 heteroatoms. The number of anilines is 1. The third-order valence-corrected chi connectivity index (χ3v) is 4.06. The zero-order valence-electron chi connectivity index (χ0n) is 14.7.